The normalized spacial score (nSPS) is 13.2. The highest BCUT2D eigenvalue weighted by atomic mass is 16.3. The number of hydrogen-bond acceptors (Lipinski definition) is 2. The van der Waals surface area contributed by atoms with Gasteiger partial charge in [0.25, 0.3) is 0 Å². The molecule has 2 nitrogen and oxygen atoms in total. The summed E-state index contributed by atoms with van der Waals surface area (Å²) in [6.45, 7) is 17.1. The van der Waals surface area contributed by atoms with E-state index in [9.17, 15) is 10.2 Å². The third-order valence-electron chi connectivity index (χ3n) is 6.31. The standard InChI is InChI=1S/C25H36O2/c1-9-10-19(6)25(7,8)22(20-13-15(2)11-17(4)23(20)26)21-14-16(3)12-18(5)24(21)27/h11-14,19,22,26-27H,9-10H2,1-8H3. The molecular weight excluding hydrogens is 332 g/mol. The highest BCUT2D eigenvalue weighted by Gasteiger charge is 2.39. The van der Waals surface area contributed by atoms with Crippen LogP contribution >= 0.6 is 0 Å². The van der Waals surface area contributed by atoms with Crippen molar-refractivity contribution in [1.82, 2.24) is 0 Å². The molecule has 0 aliphatic rings. The maximum absolute atomic E-state index is 11.0. The fraction of sp³-hybridized carbons (Fsp3) is 0.520. The second-order valence-corrected chi connectivity index (χ2v) is 8.98. The molecule has 27 heavy (non-hydrogen) atoms. The summed E-state index contributed by atoms with van der Waals surface area (Å²) in [6, 6.07) is 8.20. The minimum atomic E-state index is -0.133. The van der Waals surface area contributed by atoms with Crippen molar-refractivity contribution in [2.45, 2.75) is 74.1 Å². The first-order valence-corrected chi connectivity index (χ1v) is 10.1. The number of aromatic hydroxyl groups is 2. The molecule has 0 radical (unpaired) electrons. The molecule has 0 amide bonds. The van der Waals surface area contributed by atoms with Gasteiger partial charge in [-0.15, -0.1) is 0 Å². The van der Waals surface area contributed by atoms with E-state index < -0.39 is 0 Å². The Morgan fingerprint density at radius 1 is 0.815 bits per heavy atom. The zero-order chi connectivity index (χ0) is 20.5. The molecule has 2 aromatic rings. The maximum Gasteiger partial charge on any atom is 0.122 e. The summed E-state index contributed by atoms with van der Waals surface area (Å²) < 4.78 is 0. The number of aryl methyl sites for hydroxylation is 4. The number of hydrogen-bond donors (Lipinski definition) is 2. The molecule has 148 valence electrons. The number of rotatable bonds is 6. The van der Waals surface area contributed by atoms with Crippen LogP contribution in [0.2, 0.25) is 0 Å². The smallest absolute Gasteiger partial charge is 0.122 e. The van der Waals surface area contributed by atoms with E-state index in [1.165, 1.54) is 0 Å². The molecule has 2 N–H and O–H groups in total. The van der Waals surface area contributed by atoms with Crippen molar-refractivity contribution < 1.29 is 10.2 Å². The molecule has 0 aliphatic heterocycles. The average Bonchev–Trinajstić information content (AvgIpc) is 2.56. The van der Waals surface area contributed by atoms with Gasteiger partial charge in [0.05, 0.1) is 0 Å². The average molecular weight is 369 g/mol. The molecule has 2 aromatic carbocycles. The third-order valence-corrected chi connectivity index (χ3v) is 6.31. The van der Waals surface area contributed by atoms with Crippen molar-refractivity contribution in [2.24, 2.45) is 11.3 Å². The van der Waals surface area contributed by atoms with Crippen LogP contribution in [-0.4, -0.2) is 10.2 Å². The third kappa shape index (κ3) is 4.15. The molecule has 0 aliphatic carbocycles. The summed E-state index contributed by atoms with van der Waals surface area (Å²) in [6.07, 6.45) is 2.23. The molecule has 0 heterocycles. The monoisotopic (exact) mass is 368 g/mol. The van der Waals surface area contributed by atoms with Gasteiger partial charge in [-0.25, -0.2) is 0 Å². The molecule has 0 bridgehead atoms. The van der Waals surface area contributed by atoms with Crippen molar-refractivity contribution in [1.29, 1.82) is 0 Å². The Bertz CT molecular complexity index is 760. The number of benzene rings is 2. The Labute approximate surface area is 165 Å². The molecule has 2 heteroatoms. The van der Waals surface area contributed by atoms with Gasteiger partial charge in [-0.05, 0) is 50.2 Å². The Kier molecular flexibility index (Phi) is 6.29. The summed E-state index contributed by atoms with van der Waals surface area (Å²) in [5.74, 6) is 1.05. The van der Waals surface area contributed by atoms with Gasteiger partial charge in [-0.3, -0.25) is 0 Å². The van der Waals surface area contributed by atoms with E-state index >= 15 is 0 Å². The molecule has 2 rings (SSSR count). The van der Waals surface area contributed by atoms with Crippen LogP contribution in [0.15, 0.2) is 24.3 Å². The highest BCUT2D eigenvalue weighted by molar-refractivity contribution is 5.54. The van der Waals surface area contributed by atoms with Crippen LogP contribution in [0, 0.1) is 39.0 Å². The lowest BCUT2D eigenvalue weighted by Crippen LogP contribution is -2.31. The van der Waals surface area contributed by atoms with Gasteiger partial charge >= 0.3 is 0 Å². The molecule has 0 saturated heterocycles. The Balaban J connectivity index is 2.83. The predicted molar refractivity (Wildman–Crippen MR) is 115 cm³/mol. The van der Waals surface area contributed by atoms with Crippen LogP contribution in [0.5, 0.6) is 11.5 Å². The SMILES string of the molecule is CCCC(C)C(C)(C)C(c1cc(C)cc(C)c1O)c1cc(C)cc(C)c1O. The summed E-state index contributed by atoms with van der Waals surface area (Å²) in [5.41, 5.74) is 5.74. The fourth-order valence-electron chi connectivity index (χ4n) is 4.48. The van der Waals surface area contributed by atoms with E-state index in [0.29, 0.717) is 17.4 Å². The highest BCUT2D eigenvalue weighted by Crippen LogP contribution is 2.52. The maximum atomic E-state index is 11.0. The van der Waals surface area contributed by atoms with Crippen molar-refractivity contribution >= 4 is 0 Å². The van der Waals surface area contributed by atoms with Gasteiger partial charge in [0.1, 0.15) is 11.5 Å². The summed E-state index contributed by atoms with van der Waals surface area (Å²) in [7, 11) is 0. The van der Waals surface area contributed by atoms with E-state index in [0.717, 1.165) is 46.2 Å². The van der Waals surface area contributed by atoms with Gasteiger partial charge in [-0.1, -0.05) is 75.9 Å². The van der Waals surface area contributed by atoms with Gasteiger partial charge in [-0.2, -0.15) is 0 Å². The molecule has 0 aromatic heterocycles. The van der Waals surface area contributed by atoms with Crippen LogP contribution in [0.4, 0.5) is 0 Å². The lowest BCUT2D eigenvalue weighted by molar-refractivity contribution is 0.183. The molecule has 1 atom stereocenters. The van der Waals surface area contributed by atoms with Gasteiger partial charge in [0.2, 0.25) is 0 Å². The lowest BCUT2D eigenvalue weighted by Gasteiger charge is -2.41. The molecule has 0 saturated carbocycles. The van der Waals surface area contributed by atoms with Crippen molar-refractivity contribution in [2.75, 3.05) is 0 Å². The largest absolute Gasteiger partial charge is 0.507 e. The summed E-state index contributed by atoms with van der Waals surface area (Å²) in [4.78, 5) is 0. The van der Waals surface area contributed by atoms with Crippen LogP contribution in [0.3, 0.4) is 0 Å². The topological polar surface area (TPSA) is 40.5 Å². The number of phenols is 2. The molecule has 0 fully saturated rings. The fourth-order valence-corrected chi connectivity index (χ4v) is 4.48. The second kappa shape index (κ2) is 7.96. The number of phenolic OH excluding ortho intramolecular Hbond substituents is 2. The van der Waals surface area contributed by atoms with Crippen LogP contribution < -0.4 is 0 Å². The summed E-state index contributed by atoms with van der Waals surface area (Å²) >= 11 is 0. The van der Waals surface area contributed by atoms with E-state index in [2.05, 4.69) is 53.7 Å². The van der Waals surface area contributed by atoms with Crippen molar-refractivity contribution in [3.05, 3.63) is 57.6 Å². The quantitative estimate of drug-likeness (QED) is 0.580. The minimum absolute atomic E-state index is 0.0868. The van der Waals surface area contributed by atoms with Gasteiger partial charge in [0, 0.05) is 17.0 Å². The Hall–Kier alpha value is -1.96. The molecule has 0 spiro atoms. The van der Waals surface area contributed by atoms with E-state index in [-0.39, 0.29) is 11.3 Å². The molecule has 1 unspecified atom stereocenters. The first-order chi connectivity index (χ1) is 12.5. The van der Waals surface area contributed by atoms with Crippen LogP contribution in [0.25, 0.3) is 0 Å². The second-order valence-electron chi connectivity index (χ2n) is 8.98. The lowest BCUT2D eigenvalue weighted by atomic mass is 9.63. The Morgan fingerprint density at radius 3 is 1.59 bits per heavy atom. The zero-order valence-electron chi connectivity index (χ0n) is 18.3. The van der Waals surface area contributed by atoms with E-state index in [1.807, 2.05) is 26.0 Å². The Morgan fingerprint density at radius 2 is 1.22 bits per heavy atom. The van der Waals surface area contributed by atoms with Crippen molar-refractivity contribution in [3.63, 3.8) is 0 Å². The summed E-state index contributed by atoms with van der Waals surface area (Å²) in [5, 5.41) is 22.0. The van der Waals surface area contributed by atoms with Crippen LogP contribution in [0.1, 0.15) is 79.8 Å². The first kappa shape index (κ1) is 21.3. The molecular formula is C25H36O2. The van der Waals surface area contributed by atoms with E-state index in [4.69, 9.17) is 0 Å². The minimum Gasteiger partial charge on any atom is -0.507 e. The van der Waals surface area contributed by atoms with Gasteiger partial charge < -0.3 is 10.2 Å². The first-order valence-electron chi connectivity index (χ1n) is 10.1. The van der Waals surface area contributed by atoms with E-state index in [1.54, 1.807) is 0 Å². The van der Waals surface area contributed by atoms with Crippen LogP contribution in [-0.2, 0) is 0 Å². The van der Waals surface area contributed by atoms with Gasteiger partial charge in [0.15, 0.2) is 0 Å². The van der Waals surface area contributed by atoms with Crippen molar-refractivity contribution in [3.8, 4) is 11.5 Å². The zero-order valence-corrected chi connectivity index (χ0v) is 18.3. The predicted octanol–water partition coefficient (Wildman–Crippen LogP) is 6.93.